The first kappa shape index (κ1) is 11.8. The molecule has 3 heteroatoms. The summed E-state index contributed by atoms with van der Waals surface area (Å²) in [4.78, 5) is 4.57. The Morgan fingerprint density at radius 2 is 1.94 bits per heavy atom. The van der Waals surface area contributed by atoms with Gasteiger partial charge in [0.25, 0.3) is 0 Å². The Balaban J connectivity index is 2.31. The lowest BCUT2D eigenvalue weighted by Crippen LogP contribution is -2.04. The molecule has 1 heterocycles. The van der Waals surface area contributed by atoms with Crippen molar-refractivity contribution in [2.45, 2.75) is 19.8 Å². The average molecular weight is 242 g/mol. The van der Waals surface area contributed by atoms with Crippen molar-refractivity contribution < 1.29 is 0 Å². The smallest absolute Gasteiger partial charge is 0.123 e. The Bertz CT molecular complexity index is 523. The van der Waals surface area contributed by atoms with Crippen LogP contribution in [0, 0.1) is 17.2 Å². The summed E-state index contributed by atoms with van der Waals surface area (Å²) >= 11 is 1.60. The predicted molar refractivity (Wildman–Crippen MR) is 70.7 cm³/mol. The van der Waals surface area contributed by atoms with Gasteiger partial charge in [-0.05, 0) is 5.92 Å². The summed E-state index contributed by atoms with van der Waals surface area (Å²) < 4.78 is 0. The molecule has 0 amide bonds. The number of aromatic nitrogens is 1. The maximum absolute atomic E-state index is 9.14. The first-order valence-electron chi connectivity index (χ1n) is 5.63. The van der Waals surface area contributed by atoms with Gasteiger partial charge in [-0.2, -0.15) is 5.26 Å². The molecule has 0 fully saturated rings. The number of hydrogen-bond donors (Lipinski definition) is 0. The van der Waals surface area contributed by atoms with E-state index in [0.29, 0.717) is 5.92 Å². The molecule has 0 aliphatic carbocycles. The second kappa shape index (κ2) is 5.11. The molecule has 17 heavy (non-hydrogen) atoms. The van der Waals surface area contributed by atoms with Crippen molar-refractivity contribution >= 4 is 11.3 Å². The SMILES string of the molecule is CC(C)C(C#N)c1csc(-c2ccccc2)n1. The van der Waals surface area contributed by atoms with E-state index in [1.807, 2.05) is 35.7 Å². The van der Waals surface area contributed by atoms with E-state index in [0.717, 1.165) is 16.3 Å². The van der Waals surface area contributed by atoms with Crippen LogP contribution in [0.25, 0.3) is 10.6 Å². The quantitative estimate of drug-likeness (QED) is 0.813. The Labute approximate surface area is 106 Å². The molecule has 0 N–H and O–H groups in total. The monoisotopic (exact) mass is 242 g/mol. The van der Waals surface area contributed by atoms with Crippen LogP contribution in [-0.4, -0.2) is 4.98 Å². The molecular weight excluding hydrogens is 228 g/mol. The third-order valence-corrected chi connectivity index (χ3v) is 3.58. The van der Waals surface area contributed by atoms with Gasteiger partial charge in [-0.15, -0.1) is 11.3 Å². The zero-order valence-electron chi connectivity index (χ0n) is 9.92. The Morgan fingerprint density at radius 1 is 1.24 bits per heavy atom. The van der Waals surface area contributed by atoms with E-state index in [1.165, 1.54) is 0 Å². The molecule has 0 saturated heterocycles. The second-order valence-electron chi connectivity index (χ2n) is 4.29. The molecule has 0 radical (unpaired) electrons. The summed E-state index contributed by atoms with van der Waals surface area (Å²) in [6, 6.07) is 12.4. The van der Waals surface area contributed by atoms with E-state index in [2.05, 4.69) is 24.9 Å². The Hall–Kier alpha value is -1.66. The fourth-order valence-electron chi connectivity index (χ4n) is 1.70. The molecule has 0 aliphatic heterocycles. The van der Waals surface area contributed by atoms with Crippen LogP contribution < -0.4 is 0 Å². The number of hydrogen-bond acceptors (Lipinski definition) is 3. The van der Waals surface area contributed by atoms with Crippen LogP contribution >= 0.6 is 11.3 Å². The van der Waals surface area contributed by atoms with Gasteiger partial charge in [0, 0.05) is 10.9 Å². The molecule has 0 aliphatic rings. The van der Waals surface area contributed by atoms with Crippen molar-refractivity contribution in [2.24, 2.45) is 5.92 Å². The van der Waals surface area contributed by atoms with Gasteiger partial charge in [0.2, 0.25) is 0 Å². The molecular formula is C14H14N2S. The Morgan fingerprint density at radius 3 is 2.53 bits per heavy atom. The molecule has 1 atom stereocenters. The first-order chi connectivity index (χ1) is 8.22. The van der Waals surface area contributed by atoms with E-state index >= 15 is 0 Å². The lowest BCUT2D eigenvalue weighted by Gasteiger charge is -2.08. The zero-order valence-corrected chi connectivity index (χ0v) is 10.7. The van der Waals surface area contributed by atoms with Crippen LogP contribution in [0.2, 0.25) is 0 Å². The van der Waals surface area contributed by atoms with Crippen molar-refractivity contribution in [1.82, 2.24) is 4.98 Å². The van der Waals surface area contributed by atoms with Gasteiger partial charge >= 0.3 is 0 Å². The summed E-state index contributed by atoms with van der Waals surface area (Å²) in [5.41, 5.74) is 2.01. The molecule has 2 rings (SSSR count). The van der Waals surface area contributed by atoms with Crippen molar-refractivity contribution in [3.05, 3.63) is 41.4 Å². The van der Waals surface area contributed by atoms with E-state index in [1.54, 1.807) is 11.3 Å². The highest BCUT2D eigenvalue weighted by Crippen LogP contribution is 2.29. The highest BCUT2D eigenvalue weighted by Gasteiger charge is 2.18. The highest BCUT2D eigenvalue weighted by molar-refractivity contribution is 7.13. The number of nitrogens with zero attached hydrogens (tertiary/aromatic N) is 2. The minimum absolute atomic E-state index is 0.108. The van der Waals surface area contributed by atoms with Crippen molar-refractivity contribution in [2.75, 3.05) is 0 Å². The lowest BCUT2D eigenvalue weighted by molar-refractivity contribution is 0.578. The van der Waals surface area contributed by atoms with Gasteiger partial charge in [-0.1, -0.05) is 44.2 Å². The molecule has 1 aromatic carbocycles. The summed E-state index contributed by atoms with van der Waals surface area (Å²) in [6.45, 7) is 4.10. The average Bonchev–Trinajstić information content (AvgIpc) is 2.80. The van der Waals surface area contributed by atoms with Gasteiger partial charge < -0.3 is 0 Å². The summed E-state index contributed by atoms with van der Waals surface area (Å²) in [7, 11) is 0. The third-order valence-electron chi connectivity index (χ3n) is 2.67. The highest BCUT2D eigenvalue weighted by atomic mass is 32.1. The number of thiazole rings is 1. The van der Waals surface area contributed by atoms with Gasteiger partial charge in [-0.25, -0.2) is 4.98 Å². The topological polar surface area (TPSA) is 36.7 Å². The van der Waals surface area contributed by atoms with Gasteiger partial charge in [0.1, 0.15) is 5.01 Å². The van der Waals surface area contributed by atoms with E-state index in [9.17, 15) is 0 Å². The van der Waals surface area contributed by atoms with Crippen LogP contribution in [0.4, 0.5) is 0 Å². The zero-order chi connectivity index (χ0) is 12.3. The number of rotatable bonds is 3. The standard InChI is InChI=1S/C14H14N2S/c1-10(2)12(8-15)13-9-17-14(16-13)11-6-4-3-5-7-11/h3-7,9-10,12H,1-2H3. The van der Waals surface area contributed by atoms with Crippen LogP contribution in [0.3, 0.4) is 0 Å². The molecule has 1 aromatic heterocycles. The van der Waals surface area contributed by atoms with Crippen LogP contribution in [0.5, 0.6) is 0 Å². The molecule has 1 unspecified atom stereocenters. The van der Waals surface area contributed by atoms with Crippen LogP contribution in [0.1, 0.15) is 25.5 Å². The Kier molecular flexibility index (Phi) is 3.55. The molecule has 0 spiro atoms. The number of nitriles is 1. The van der Waals surface area contributed by atoms with Gasteiger partial charge in [0.15, 0.2) is 0 Å². The van der Waals surface area contributed by atoms with Crippen molar-refractivity contribution in [3.8, 4) is 16.6 Å². The fourth-order valence-corrected chi connectivity index (χ4v) is 2.56. The maximum atomic E-state index is 9.14. The normalized spacial score (nSPS) is 12.4. The molecule has 2 nitrogen and oxygen atoms in total. The summed E-state index contributed by atoms with van der Waals surface area (Å²) in [5.74, 6) is 0.189. The predicted octanol–water partition coefficient (Wildman–Crippen LogP) is 4.07. The van der Waals surface area contributed by atoms with E-state index in [4.69, 9.17) is 5.26 Å². The lowest BCUT2D eigenvalue weighted by atomic mass is 9.95. The summed E-state index contributed by atoms with van der Waals surface area (Å²) in [5, 5.41) is 12.1. The number of benzene rings is 1. The summed E-state index contributed by atoms with van der Waals surface area (Å²) in [6.07, 6.45) is 0. The van der Waals surface area contributed by atoms with Crippen molar-refractivity contribution in [3.63, 3.8) is 0 Å². The minimum Gasteiger partial charge on any atom is -0.240 e. The third kappa shape index (κ3) is 2.54. The molecule has 0 saturated carbocycles. The van der Waals surface area contributed by atoms with Gasteiger partial charge in [0.05, 0.1) is 17.7 Å². The van der Waals surface area contributed by atoms with E-state index < -0.39 is 0 Å². The molecule has 2 aromatic rings. The fraction of sp³-hybridized carbons (Fsp3) is 0.286. The van der Waals surface area contributed by atoms with Crippen LogP contribution in [0.15, 0.2) is 35.7 Å². The van der Waals surface area contributed by atoms with Gasteiger partial charge in [-0.3, -0.25) is 0 Å². The van der Waals surface area contributed by atoms with Crippen LogP contribution in [-0.2, 0) is 0 Å². The second-order valence-corrected chi connectivity index (χ2v) is 5.15. The molecule has 0 bridgehead atoms. The largest absolute Gasteiger partial charge is 0.240 e. The minimum atomic E-state index is -0.108. The maximum Gasteiger partial charge on any atom is 0.123 e. The first-order valence-corrected chi connectivity index (χ1v) is 6.51. The van der Waals surface area contributed by atoms with Crippen molar-refractivity contribution in [1.29, 1.82) is 5.26 Å². The van der Waals surface area contributed by atoms with E-state index in [-0.39, 0.29) is 5.92 Å². The molecule has 86 valence electrons.